The van der Waals surface area contributed by atoms with E-state index in [-0.39, 0.29) is 11.8 Å². The zero-order valence-electron chi connectivity index (χ0n) is 10.7. The van der Waals surface area contributed by atoms with Crippen molar-refractivity contribution in [3.63, 3.8) is 0 Å². The number of hydrogen-bond acceptors (Lipinski definition) is 4. The highest BCUT2D eigenvalue weighted by molar-refractivity contribution is 5.78. The molecule has 0 bridgehead atoms. The van der Waals surface area contributed by atoms with E-state index in [1.165, 1.54) is 0 Å². The summed E-state index contributed by atoms with van der Waals surface area (Å²) in [5.74, 6) is 0.102. The van der Waals surface area contributed by atoms with Gasteiger partial charge >= 0.3 is 0 Å². The minimum absolute atomic E-state index is 0.00312. The third-order valence-electron chi connectivity index (χ3n) is 2.89. The van der Waals surface area contributed by atoms with Gasteiger partial charge in [0.05, 0.1) is 6.54 Å². The summed E-state index contributed by atoms with van der Waals surface area (Å²) >= 11 is 0. The second-order valence-corrected chi connectivity index (χ2v) is 4.29. The first-order valence-electron chi connectivity index (χ1n) is 6.25. The van der Waals surface area contributed by atoms with Gasteiger partial charge in [-0.2, -0.15) is 0 Å². The van der Waals surface area contributed by atoms with Gasteiger partial charge in [0, 0.05) is 45.7 Å². The van der Waals surface area contributed by atoms with Gasteiger partial charge in [-0.15, -0.1) is 6.58 Å². The molecule has 1 fully saturated rings. The molecule has 18 heavy (non-hydrogen) atoms. The molecule has 0 atom stereocenters. The molecule has 0 aliphatic carbocycles. The number of nitrogens with one attached hydrogen (secondary N) is 1. The maximum Gasteiger partial charge on any atom is 0.234 e. The number of carbonyl (C=O) groups excluding carboxylic acids is 2. The molecule has 0 aromatic rings. The van der Waals surface area contributed by atoms with Crippen LogP contribution in [0.2, 0.25) is 0 Å². The second-order valence-electron chi connectivity index (χ2n) is 4.29. The van der Waals surface area contributed by atoms with Crippen LogP contribution in [0.15, 0.2) is 12.7 Å². The molecule has 6 heteroatoms. The summed E-state index contributed by atoms with van der Waals surface area (Å²) in [4.78, 5) is 27.0. The van der Waals surface area contributed by atoms with E-state index >= 15 is 0 Å². The predicted molar refractivity (Wildman–Crippen MR) is 69.9 cm³/mol. The van der Waals surface area contributed by atoms with Crippen molar-refractivity contribution >= 4 is 11.8 Å². The van der Waals surface area contributed by atoms with Crippen LogP contribution in [0.25, 0.3) is 0 Å². The van der Waals surface area contributed by atoms with E-state index in [0.717, 1.165) is 13.1 Å². The van der Waals surface area contributed by atoms with E-state index in [2.05, 4.69) is 11.9 Å². The van der Waals surface area contributed by atoms with E-state index < -0.39 is 0 Å². The molecule has 0 spiro atoms. The van der Waals surface area contributed by atoms with Crippen LogP contribution < -0.4 is 11.1 Å². The Morgan fingerprint density at radius 1 is 1.28 bits per heavy atom. The molecule has 1 aliphatic rings. The Kier molecular flexibility index (Phi) is 6.38. The maximum absolute atomic E-state index is 11.6. The lowest BCUT2D eigenvalue weighted by atomic mass is 10.2. The van der Waals surface area contributed by atoms with Gasteiger partial charge < -0.3 is 16.0 Å². The SMILES string of the molecule is C=CCNC(=O)CN1CCN(C(=O)CCN)CC1. The fraction of sp³-hybridized carbons (Fsp3) is 0.667. The Bertz CT molecular complexity index is 298. The van der Waals surface area contributed by atoms with Gasteiger partial charge in [0.2, 0.25) is 11.8 Å². The molecule has 1 saturated heterocycles. The minimum atomic E-state index is -0.00312. The lowest BCUT2D eigenvalue weighted by Gasteiger charge is -2.34. The third kappa shape index (κ3) is 4.85. The normalized spacial score (nSPS) is 16.4. The van der Waals surface area contributed by atoms with Crippen molar-refractivity contribution in [2.24, 2.45) is 5.73 Å². The molecule has 0 aromatic carbocycles. The van der Waals surface area contributed by atoms with Crippen LogP contribution in [0.3, 0.4) is 0 Å². The lowest BCUT2D eigenvalue weighted by molar-refractivity contribution is -0.133. The minimum Gasteiger partial charge on any atom is -0.352 e. The predicted octanol–water partition coefficient (Wildman–Crippen LogP) is -1.22. The summed E-state index contributed by atoms with van der Waals surface area (Å²) in [6.07, 6.45) is 2.06. The first-order valence-corrected chi connectivity index (χ1v) is 6.25. The Morgan fingerprint density at radius 3 is 2.50 bits per heavy atom. The average molecular weight is 254 g/mol. The van der Waals surface area contributed by atoms with Crippen molar-refractivity contribution in [1.29, 1.82) is 0 Å². The van der Waals surface area contributed by atoms with Crippen molar-refractivity contribution in [1.82, 2.24) is 15.1 Å². The summed E-state index contributed by atoms with van der Waals surface area (Å²) in [7, 11) is 0. The summed E-state index contributed by atoms with van der Waals surface area (Å²) in [6.45, 7) is 7.63. The number of amides is 2. The Morgan fingerprint density at radius 2 is 1.94 bits per heavy atom. The molecule has 0 radical (unpaired) electrons. The van der Waals surface area contributed by atoms with E-state index in [1.54, 1.807) is 6.08 Å². The third-order valence-corrected chi connectivity index (χ3v) is 2.89. The van der Waals surface area contributed by atoms with Gasteiger partial charge in [0.25, 0.3) is 0 Å². The molecule has 2 amide bonds. The highest BCUT2D eigenvalue weighted by atomic mass is 16.2. The van der Waals surface area contributed by atoms with Crippen molar-refractivity contribution < 1.29 is 9.59 Å². The van der Waals surface area contributed by atoms with E-state index in [0.29, 0.717) is 39.1 Å². The Hall–Kier alpha value is -1.40. The van der Waals surface area contributed by atoms with Crippen LogP contribution in [-0.2, 0) is 9.59 Å². The number of carbonyl (C=O) groups is 2. The van der Waals surface area contributed by atoms with Crippen LogP contribution in [0, 0.1) is 0 Å². The van der Waals surface area contributed by atoms with Crippen LogP contribution in [0.5, 0.6) is 0 Å². The molecule has 1 heterocycles. The monoisotopic (exact) mass is 254 g/mol. The molecular weight excluding hydrogens is 232 g/mol. The van der Waals surface area contributed by atoms with Crippen molar-refractivity contribution in [2.75, 3.05) is 45.8 Å². The zero-order chi connectivity index (χ0) is 13.4. The Labute approximate surface area is 108 Å². The molecule has 102 valence electrons. The standard InChI is InChI=1S/C12H22N4O2/c1-2-5-14-11(17)10-15-6-8-16(9-7-15)12(18)3-4-13/h2H,1,3-10,13H2,(H,14,17). The molecule has 1 rings (SSSR count). The summed E-state index contributed by atoms with van der Waals surface area (Å²) in [6, 6.07) is 0. The number of rotatable bonds is 6. The van der Waals surface area contributed by atoms with Gasteiger partial charge in [0.15, 0.2) is 0 Å². The van der Waals surface area contributed by atoms with Gasteiger partial charge in [-0.25, -0.2) is 0 Å². The molecule has 0 saturated carbocycles. The fourth-order valence-corrected chi connectivity index (χ4v) is 1.88. The highest BCUT2D eigenvalue weighted by Gasteiger charge is 2.21. The number of nitrogens with two attached hydrogens (primary N) is 1. The van der Waals surface area contributed by atoms with Crippen LogP contribution in [-0.4, -0.2) is 67.4 Å². The van der Waals surface area contributed by atoms with E-state index in [1.807, 2.05) is 9.80 Å². The van der Waals surface area contributed by atoms with E-state index in [4.69, 9.17) is 5.73 Å². The first kappa shape index (κ1) is 14.7. The second kappa shape index (κ2) is 7.84. The molecule has 6 nitrogen and oxygen atoms in total. The molecule has 0 unspecified atom stereocenters. The molecule has 3 N–H and O–H groups in total. The summed E-state index contributed by atoms with van der Waals surface area (Å²) < 4.78 is 0. The number of hydrogen-bond donors (Lipinski definition) is 2. The number of nitrogens with zero attached hydrogens (tertiary/aromatic N) is 2. The van der Waals surface area contributed by atoms with Crippen molar-refractivity contribution in [2.45, 2.75) is 6.42 Å². The topological polar surface area (TPSA) is 78.7 Å². The van der Waals surface area contributed by atoms with Crippen LogP contribution in [0.4, 0.5) is 0 Å². The molecular formula is C12H22N4O2. The fourth-order valence-electron chi connectivity index (χ4n) is 1.88. The maximum atomic E-state index is 11.6. The zero-order valence-corrected chi connectivity index (χ0v) is 10.7. The lowest BCUT2D eigenvalue weighted by Crippen LogP contribution is -2.51. The molecule has 1 aliphatic heterocycles. The molecule has 0 aromatic heterocycles. The van der Waals surface area contributed by atoms with Gasteiger partial charge in [-0.1, -0.05) is 6.08 Å². The summed E-state index contributed by atoms with van der Waals surface area (Å²) in [5, 5.41) is 2.74. The van der Waals surface area contributed by atoms with Gasteiger partial charge in [-0.05, 0) is 0 Å². The largest absolute Gasteiger partial charge is 0.352 e. The number of piperazine rings is 1. The van der Waals surface area contributed by atoms with Crippen LogP contribution in [0.1, 0.15) is 6.42 Å². The van der Waals surface area contributed by atoms with Crippen LogP contribution >= 0.6 is 0 Å². The highest BCUT2D eigenvalue weighted by Crippen LogP contribution is 2.03. The van der Waals surface area contributed by atoms with Crippen molar-refractivity contribution in [3.8, 4) is 0 Å². The average Bonchev–Trinajstić information content (AvgIpc) is 2.37. The summed E-state index contributed by atoms with van der Waals surface area (Å²) in [5.41, 5.74) is 5.36. The van der Waals surface area contributed by atoms with Crippen molar-refractivity contribution in [3.05, 3.63) is 12.7 Å². The quantitative estimate of drug-likeness (QED) is 0.583. The smallest absolute Gasteiger partial charge is 0.234 e. The Balaban J connectivity index is 2.24. The van der Waals surface area contributed by atoms with Gasteiger partial charge in [-0.3, -0.25) is 14.5 Å². The first-order chi connectivity index (χ1) is 8.67. The van der Waals surface area contributed by atoms with Gasteiger partial charge in [0.1, 0.15) is 0 Å². The van der Waals surface area contributed by atoms with E-state index in [9.17, 15) is 9.59 Å².